The second-order valence-electron chi connectivity index (χ2n) is 5.96. The summed E-state index contributed by atoms with van der Waals surface area (Å²) in [5.41, 5.74) is 4.75. The number of anilines is 1. The van der Waals surface area contributed by atoms with Crippen molar-refractivity contribution < 1.29 is 4.74 Å². The molecule has 0 aliphatic carbocycles. The van der Waals surface area contributed by atoms with Crippen LogP contribution in [-0.2, 0) is 4.74 Å². The predicted octanol–water partition coefficient (Wildman–Crippen LogP) is 2.75. The van der Waals surface area contributed by atoms with Gasteiger partial charge < -0.3 is 9.64 Å². The number of hydrogen-bond acceptors (Lipinski definition) is 6. The standard InChI is InChI=1S/C19H19N5O/c1-14-2-3-16(13-21-14)18-12-17(15-4-6-20-7-5-15)22-19(23-18)24-8-10-25-11-9-24/h2-7,12-13H,8-11H2,1H3. The fourth-order valence-corrected chi connectivity index (χ4v) is 2.78. The summed E-state index contributed by atoms with van der Waals surface area (Å²) in [6.07, 6.45) is 5.41. The summed E-state index contributed by atoms with van der Waals surface area (Å²) in [6.45, 7) is 4.97. The third-order valence-corrected chi connectivity index (χ3v) is 4.19. The van der Waals surface area contributed by atoms with Gasteiger partial charge in [-0.2, -0.15) is 0 Å². The molecule has 0 unspecified atom stereocenters. The van der Waals surface area contributed by atoms with Crippen molar-refractivity contribution in [3.05, 3.63) is 54.6 Å². The Hall–Kier alpha value is -2.86. The van der Waals surface area contributed by atoms with Gasteiger partial charge in [0, 0.05) is 48.5 Å². The molecule has 1 fully saturated rings. The zero-order valence-electron chi connectivity index (χ0n) is 14.1. The highest BCUT2D eigenvalue weighted by molar-refractivity contribution is 5.69. The van der Waals surface area contributed by atoms with Crippen molar-refractivity contribution >= 4 is 5.95 Å². The van der Waals surface area contributed by atoms with Crippen LogP contribution in [0.3, 0.4) is 0 Å². The van der Waals surface area contributed by atoms with Crippen LogP contribution in [0.15, 0.2) is 48.9 Å². The molecule has 25 heavy (non-hydrogen) atoms. The minimum Gasteiger partial charge on any atom is -0.378 e. The van der Waals surface area contributed by atoms with E-state index in [9.17, 15) is 0 Å². The van der Waals surface area contributed by atoms with Gasteiger partial charge in [-0.25, -0.2) is 9.97 Å². The van der Waals surface area contributed by atoms with E-state index in [2.05, 4.69) is 14.9 Å². The highest BCUT2D eigenvalue weighted by Gasteiger charge is 2.17. The Morgan fingerprint density at radius 1 is 0.920 bits per heavy atom. The van der Waals surface area contributed by atoms with Crippen LogP contribution in [0.25, 0.3) is 22.5 Å². The number of morpholine rings is 1. The Kier molecular flexibility index (Phi) is 4.35. The van der Waals surface area contributed by atoms with E-state index in [1.807, 2.05) is 43.5 Å². The van der Waals surface area contributed by atoms with Crippen LogP contribution in [0.4, 0.5) is 5.95 Å². The molecular formula is C19H19N5O. The van der Waals surface area contributed by atoms with Crippen LogP contribution in [0.5, 0.6) is 0 Å². The highest BCUT2D eigenvalue weighted by Crippen LogP contribution is 2.26. The lowest BCUT2D eigenvalue weighted by atomic mass is 10.1. The average Bonchev–Trinajstić information content (AvgIpc) is 2.69. The van der Waals surface area contributed by atoms with E-state index in [-0.39, 0.29) is 0 Å². The summed E-state index contributed by atoms with van der Waals surface area (Å²) in [4.78, 5) is 20.2. The molecule has 0 amide bonds. The largest absolute Gasteiger partial charge is 0.378 e. The molecule has 126 valence electrons. The van der Waals surface area contributed by atoms with E-state index in [1.165, 1.54) is 0 Å². The molecule has 1 aliphatic heterocycles. The minimum atomic E-state index is 0.699. The number of rotatable bonds is 3. The van der Waals surface area contributed by atoms with Crippen LogP contribution in [0, 0.1) is 6.92 Å². The molecule has 0 N–H and O–H groups in total. The zero-order chi connectivity index (χ0) is 17.1. The van der Waals surface area contributed by atoms with E-state index < -0.39 is 0 Å². The van der Waals surface area contributed by atoms with Crippen LogP contribution in [0.1, 0.15) is 5.69 Å². The van der Waals surface area contributed by atoms with Gasteiger partial charge in [-0.1, -0.05) is 0 Å². The maximum atomic E-state index is 5.45. The van der Waals surface area contributed by atoms with Crippen molar-refractivity contribution in [3.63, 3.8) is 0 Å². The van der Waals surface area contributed by atoms with E-state index in [1.54, 1.807) is 12.4 Å². The van der Waals surface area contributed by atoms with E-state index >= 15 is 0 Å². The Bertz CT molecular complexity index is 845. The summed E-state index contributed by atoms with van der Waals surface area (Å²) in [6, 6.07) is 9.97. The Balaban J connectivity index is 1.81. The molecule has 1 aliphatic rings. The van der Waals surface area contributed by atoms with Crippen molar-refractivity contribution in [1.29, 1.82) is 0 Å². The zero-order valence-corrected chi connectivity index (χ0v) is 14.1. The van der Waals surface area contributed by atoms with Gasteiger partial charge in [0.05, 0.1) is 24.6 Å². The first kappa shape index (κ1) is 15.7. The molecule has 0 atom stereocenters. The summed E-state index contributed by atoms with van der Waals surface area (Å²) >= 11 is 0. The molecule has 0 aromatic carbocycles. The molecule has 4 rings (SSSR count). The average molecular weight is 333 g/mol. The maximum Gasteiger partial charge on any atom is 0.226 e. The van der Waals surface area contributed by atoms with Crippen LogP contribution in [-0.4, -0.2) is 46.2 Å². The van der Waals surface area contributed by atoms with Crippen LogP contribution in [0.2, 0.25) is 0 Å². The molecule has 0 bridgehead atoms. The second kappa shape index (κ2) is 6.94. The number of hydrogen-bond donors (Lipinski definition) is 0. The van der Waals surface area contributed by atoms with E-state index in [4.69, 9.17) is 14.7 Å². The van der Waals surface area contributed by atoms with Crippen LogP contribution < -0.4 is 4.90 Å². The predicted molar refractivity (Wildman–Crippen MR) is 96.3 cm³/mol. The lowest BCUT2D eigenvalue weighted by Gasteiger charge is -2.27. The first-order valence-electron chi connectivity index (χ1n) is 8.35. The summed E-state index contributed by atoms with van der Waals surface area (Å²) in [7, 11) is 0. The second-order valence-corrected chi connectivity index (χ2v) is 5.96. The smallest absolute Gasteiger partial charge is 0.226 e. The number of ether oxygens (including phenoxy) is 1. The molecule has 1 saturated heterocycles. The van der Waals surface area contributed by atoms with Gasteiger partial charge in [0.2, 0.25) is 5.95 Å². The highest BCUT2D eigenvalue weighted by atomic mass is 16.5. The van der Waals surface area contributed by atoms with Gasteiger partial charge in [-0.05, 0) is 37.3 Å². The van der Waals surface area contributed by atoms with Crippen molar-refractivity contribution in [1.82, 2.24) is 19.9 Å². The third kappa shape index (κ3) is 3.49. The molecule has 6 nitrogen and oxygen atoms in total. The van der Waals surface area contributed by atoms with E-state index in [0.29, 0.717) is 13.2 Å². The number of aryl methyl sites for hydroxylation is 1. The van der Waals surface area contributed by atoms with Crippen molar-refractivity contribution in [2.24, 2.45) is 0 Å². The van der Waals surface area contributed by atoms with Gasteiger partial charge >= 0.3 is 0 Å². The lowest BCUT2D eigenvalue weighted by molar-refractivity contribution is 0.122. The summed E-state index contributed by atoms with van der Waals surface area (Å²) in [5, 5.41) is 0. The Morgan fingerprint density at radius 3 is 2.32 bits per heavy atom. The fourth-order valence-electron chi connectivity index (χ4n) is 2.78. The van der Waals surface area contributed by atoms with E-state index in [0.717, 1.165) is 47.2 Å². The summed E-state index contributed by atoms with van der Waals surface area (Å²) in [5.74, 6) is 0.730. The summed E-state index contributed by atoms with van der Waals surface area (Å²) < 4.78 is 5.45. The molecule has 3 aromatic rings. The number of nitrogens with zero attached hydrogens (tertiary/aromatic N) is 5. The molecule has 4 heterocycles. The quantitative estimate of drug-likeness (QED) is 0.734. The van der Waals surface area contributed by atoms with Gasteiger partial charge in [-0.15, -0.1) is 0 Å². The molecule has 6 heteroatoms. The molecule has 0 saturated carbocycles. The van der Waals surface area contributed by atoms with Crippen molar-refractivity contribution in [3.8, 4) is 22.5 Å². The minimum absolute atomic E-state index is 0.699. The Labute approximate surface area is 146 Å². The van der Waals surface area contributed by atoms with Crippen LogP contribution >= 0.6 is 0 Å². The van der Waals surface area contributed by atoms with Gasteiger partial charge in [0.15, 0.2) is 0 Å². The van der Waals surface area contributed by atoms with Gasteiger partial charge in [0.25, 0.3) is 0 Å². The SMILES string of the molecule is Cc1ccc(-c2cc(-c3ccncc3)nc(N3CCOCC3)n2)cn1. The topological polar surface area (TPSA) is 64.0 Å². The first-order chi connectivity index (χ1) is 12.3. The number of pyridine rings is 2. The Morgan fingerprint density at radius 2 is 1.64 bits per heavy atom. The number of aromatic nitrogens is 4. The molecular weight excluding hydrogens is 314 g/mol. The molecule has 0 spiro atoms. The first-order valence-corrected chi connectivity index (χ1v) is 8.35. The monoisotopic (exact) mass is 333 g/mol. The third-order valence-electron chi connectivity index (χ3n) is 4.19. The molecule has 3 aromatic heterocycles. The normalized spacial score (nSPS) is 14.5. The van der Waals surface area contributed by atoms with Gasteiger partial charge in [-0.3, -0.25) is 9.97 Å². The lowest BCUT2D eigenvalue weighted by Crippen LogP contribution is -2.37. The van der Waals surface area contributed by atoms with Crippen molar-refractivity contribution in [2.75, 3.05) is 31.2 Å². The molecule has 0 radical (unpaired) electrons. The van der Waals surface area contributed by atoms with Gasteiger partial charge in [0.1, 0.15) is 0 Å². The maximum absolute atomic E-state index is 5.45. The van der Waals surface area contributed by atoms with Crippen molar-refractivity contribution in [2.45, 2.75) is 6.92 Å². The fraction of sp³-hybridized carbons (Fsp3) is 0.263.